The normalized spacial score (nSPS) is 12.5. The molecule has 1 N–H and O–H groups in total. The lowest BCUT2D eigenvalue weighted by Gasteiger charge is -2.10. The summed E-state index contributed by atoms with van der Waals surface area (Å²) in [6.45, 7) is 0. The van der Waals surface area contributed by atoms with E-state index in [0.29, 0.717) is 12.1 Å². The second kappa shape index (κ2) is 5.85. The molecule has 0 saturated heterocycles. The Hall–Kier alpha value is -1.53. The molecule has 4 heteroatoms. The Labute approximate surface area is 130 Å². The van der Waals surface area contributed by atoms with E-state index in [1.54, 1.807) is 6.20 Å². The van der Waals surface area contributed by atoms with Gasteiger partial charge in [0.05, 0.1) is 22.9 Å². The summed E-state index contributed by atoms with van der Waals surface area (Å²) in [4.78, 5) is 8.81. The zero-order valence-electron chi connectivity index (χ0n) is 10.7. The predicted molar refractivity (Wildman–Crippen MR) is 87.4 cm³/mol. The maximum atomic E-state index is 10.3. The van der Waals surface area contributed by atoms with Gasteiger partial charge in [0.1, 0.15) is 6.10 Å². The molecule has 3 rings (SSSR count). The number of hydrogen-bond acceptors (Lipinski definition) is 3. The Balaban J connectivity index is 1.84. The minimum Gasteiger partial charge on any atom is -0.386 e. The van der Waals surface area contributed by atoms with E-state index in [-0.39, 0.29) is 0 Å². The van der Waals surface area contributed by atoms with Gasteiger partial charge in [-0.3, -0.25) is 4.98 Å². The molecule has 100 valence electrons. The minimum atomic E-state index is -0.632. The van der Waals surface area contributed by atoms with Crippen molar-refractivity contribution in [2.24, 2.45) is 0 Å². The van der Waals surface area contributed by atoms with E-state index in [2.05, 4.69) is 32.6 Å². The highest BCUT2D eigenvalue weighted by Gasteiger charge is 2.11. The second-order valence-corrected chi connectivity index (χ2v) is 5.88. The SMILES string of the molecule is OC(Cc1ccc(I)cc1)c1cnc2ccccc2n1. The first-order chi connectivity index (χ1) is 9.72. The second-order valence-electron chi connectivity index (χ2n) is 4.63. The molecule has 0 aliphatic rings. The van der Waals surface area contributed by atoms with Crippen LogP contribution < -0.4 is 0 Å². The first-order valence-corrected chi connectivity index (χ1v) is 7.44. The van der Waals surface area contributed by atoms with Crippen LogP contribution in [-0.4, -0.2) is 15.1 Å². The van der Waals surface area contributed by atoms with Gasteiger partial charge in [0, 0.05) is 9.99 Å². The van der Waals surface area contributed by atoms with Gasteiger partial charge in [-0.25, -0.2) is 4.98 Å². The lowest BCUT2D eigenvalue weighted by molar-refractivity contribution is 0.173. The molecule has 0 fully saturated rings. The van der Waals surface area contributed by atoms with E-state index in [0.717, 1.165) is 16.6 Å². The van der Waals surface area contributed by atoms with Crippen molar-refractivity contribution in [3.63, 3.8) is 0 Å². The topological polar surface area (TPSA) is 46.0 Å². The number of hydrogen-bond donors (Lipinski definition) is 1. The Kier molecular flexibility index (Phi) is 3.93. The Morgan fingerprint density at radius 2 is 1.70 bits per heavy atom. The highest BCUT2D eigenvalue weighted by molar-refractivity contribution is 14.1. The van der Waals surface area contributed by atoms with Crippen molar-refractivity contribution < 1.29 is 5.11 Å². The monoisotopic (exact) mass is 376 g/mol. The molecule has 1 unspecified atom stereocenters. The Morgan fingerprint density at radius 3 is 2.45 bits per heavy atom. The fourth-order valence-electron chi connectivity index (χ4n) is 2.08. The molecule has 3 nitrogen and oxygen atoms in total. The highest BCUT2D eigenvalue weighted by Crippen LogP contribution is 2.19. The molecular formula is C16H13IN2O. The maximum absolute atomic E-state index is 10.3. The number of para-hydroxylation sites is 2. The van der Waals surface area contributed by atoms with E-state index in [1.165, 1.54) is 3.57 Å². The lowest BCUT2D eigenvalue weighted by Crippen LogP contribution is -2.05. The smallest absolute Gasteiger partial charge is 0.102 e. The van der Waals surface area contributed by atoms with Crippen LogP contribution in [0.2, 0.25) is 0 Å². The van der Waals surface area contributed by atoms with Crippen molar-refractivity contribution in [2.45, 2.75) is 12.5 Å². The number of benzene rings is 2. The summed E-state index contributed by atoms with van der Waals surface area (Å²) >= 11 is 2.27. The van der Waals surface area contributed by atoms with E-state index in [9.17, 15) is 5.11 Å². The summed E-state index contributed by atoms with van der Waals surface area (Å²) in [5, 5.41) is 10.3. The van der Waals surface area contributed by atoms with E-state index < -0.39 is 6.10 Å². The molecule has 3 aromatic rings. The summed E-state index contributed by atoms with van der Waals surface area (Å²) in [5.41, 5.74) is 3.36. The van der Waals surface area contributed by atoms with Gasteiger partial charge in [0.15, 0.2) is 0 Å². The van der Waals surface area contributed by atoms with Crippen LogP contribution in [0.4, 0.5) is 0 Å². The molecule has 0 radical (unpaired) electrons. The average Bonchev–Trinajstić information content (AvgIpc) is 2.49. The van der Waals surface area contributed by atoms with Crippen LogP contribution in [0, 0.1) is 3.57 Å². The fraction of sp³-hybridized carbons (Fsp3) is 0.125. The van der Waals surface area contributed by atoms with Crippen molar-refractivity contribution in [3.05, 3.63) is 69.6 Å². The molecule has 0 saturated carbocycles. The number of nitrogens with zero attached hydrogens (tertiary/aromatic N) is 2. The van der Waals surface area contributed by atoms with Crippen molar-refractivity contribution in [1.29, 1.82) is 0 Å². The van der Waals surface area contributed by atoms with E-state index >= 15 is 0 Å². The summed E-state index contributed by atoms with van der Waals surface area (Å²) in [7, 11) is 0. The van der Waals surface area contributed by atoms with Crippen LogP contribution in [0.15, 0.2) is 54.7 Å². The Morgan fingerprint density at radius 1 is 1.00 bits per heavy atom. The van der Waals surface area contributed by atoms with Gasteiger partial charge >= 0.3 is 0 Å². The average molecular weight is 376 g/mol. The molecule has 1 aromatic heterocycles. The third kappa shape index (κ3) is 2.96. The van der Waals surface area contributed by atoms with Crippen LogP contribution in [0.1, 0.15) is 17.4 Å². The van der Waals surface area contributed by atoms with Crippen molar-refractivity contribution in [1.82, 2.24) is 9.97 Å². The number of aliphatic hydroxyl groups is 1. The molecule has 0 aliphatic heterocycles. The molecule has 20 heavy (non-hydrogen) atoms. The van der Waals surface area contributed by atoms with E-state index in [4.69, 9.17) is 0 Å². The lowest BCUT2D eigenvalue weighted by atomic mass is 10.1. The van der Waals surface area contributed by atoms with Crippen molar-refractivity contribution >= 4 is 33.6 Å². The number of aromatic nitrogens is 2. The third-order valence-electron chi connectivity index (χ3n) is 3.15. The number of rotatable bonds is 3. The molecule has 0 bridgehead atoms. The van der Waals surface area contributed by atoms with Gasteiger partial charge in [0.25, 0.3) is 0 Å². The van der Waals surface area contributed by atoms with Gasteiger partial charge in [-0.05, 0) is 52.4 Å². The van der Waals surface area contributed by atoms with Crippen LogP contribution >= 0.6 is 22.6 Å². The van der Waals surface area contributed by atoms with Crippen LogP contribution in [0.25, 0.3) is 11.0 Å². The van der Waals surface area contributed by atoms with Crippen molar-refractivity contribution in [2.75, 3.05) is 0 Å². The van der Waals surface area contributed by atoms with Crippen molar-refractivity contribution in [3.8, 4) is 0 Å². The van der Waals surface area contributed by atoms with E-state index in [1.807, 2.05) is 48.5 Å². The Bertz CT molecular complexity index is 728. The molecule has 0 spiro atoms. The summed E-state index contributed by atoms with van der Waals surface area (Å²) in [6.07, 6.45) is 1.57. The van der Waals surface area contributed by atoms with Gasteiger partial charge in [-0.2, -0.15) is 0 Å². The quantitative estimate of drug-likeness (QED) is 0.712. The van der Waals surface area contributed by atoms with Gasteiger partial charge in [-0.15, -0.1) is 0 Å². The molecule has 0 amide bonds. The molecule has 1 atom stereocenters. The van der Waals surface area contributed by atoms with Crippen LogP contribution in [0.5, 0.6) is 0 Å². The first kappa shape index (κ1) is 13.5. The standard InChI is InChI=1S/C16H13IN2O/c17-12-7-5-11(6-8-12)9-16(20)15-10-18-13-3-1-2-4-14(13)19-15/h1-8,10,16,20H,9H2. The van der Waals surface area contributed by atoms with Gasteiger partial charge in [-0.1, -0.05) is 24.3 Å². The molecule has 2 aromatic carbocycles. The predicted octanol–water partition coefficient (Wildman–Crippen LogP) is 3.51. The summed E-state index contributed by atoms with van der Waals surface area (Å²) in [5.74, 6) is 0. The number of halogens is 1. The van der Waals surface area contributed by atoms with Gasteiger partial charge < -0.3 is 5.11 Å². The molecule has 1 heterocycles. The van der Waals surface area contributed by atoms with Crippen LogP contribution in [-0.2, 0) is 6.42 Å². The number of fused-ring (bicyclic) bond motifs is 1. The largest absolute Gasteiger partial charge is 0.386 e. The van der Waals surface area contributed by atoms with Gasteiger partial charge in [0.2, 0.25) is 0 Å². The zero-order valence-corrected chi connectivity index (χ0v) is 12.9. The highest BCUT2D eigenvalue weighted by atomic mass is 127. The fourth-order valence-corrected chi connectivity index (χ4v) is 2.44. The number of aliphatic hydroxyl groups excluding tert-OH is 1. The maximum Gasteiger partial charge on any atom is 0.102 e. The minimum absolute atomic E-state index is 0.546. The third-order valence-corrected chi connectivity index (χ3v) is 3.87. The molecule has 0 aliphatic carbocycles. The van der Waals surface area contributed by atoms with Crippen LogP contribution in [0.3, 0.4) is 0 Å². The summed E-state index contributed by atoms with van der Waals surface area (Å²) in [6, 6.07) is 15.8. The zero-order chi connectivity index (χ0) is 13.9. The first-order valence-electron chi connectivity index (χ1n) is 6.36. The summed E-state index contributed by atoms with van der Waals surface area (Å²) < 4.78 is 1.19. The molecular weight excluding hydrogens is 363 g/mol.